The van der Waals surface area contributed by atoms with E-state index >= 15 is 0 Å². The van der Waals surface area contributed by atoms with Crippen LogP contribution in [0.3, 0.4) is 0 Å². The molecule has 28 heavy (non-hydrogen) atoms. The maximum absolute atomic E-state index is 12.6. The number of benzene rings is 2. The highest BCUT2D eigenvalue weighted by Crippen LogP contribution is 2.18. The van der Waals surface area contributed by atoms with Crippen molar-refractivity contribution in [1.29, 1.82) is 0 Å². The van der Waals surface area contributed by atoms with Crippen molar-refractivity contribution >= 4 is 23.2 Å². The first-order valence-corrected chi connectivity index (χ1v) is 9.88. The van der Waals surface area contributed by atoms with E-state index in [0.29, 0.717) is 24.3 Å². The molecule has 0 unspecified atom stereocenters. The maximum Gasteiger partial charge on any atom is 0.253 e. The summed E-state index contributed by atoms with van der Waals surface area (Å²) in [4.78, 5) is 29.0. The quantitative estimate of drug-likeness (QED) is 0.740. The molecule has 0 aromatic heterocycles. The summed E-state index contributed by atoms with van der Waals surface area (Å²) in [7, 11) is 0. The Morgan fingerprint density at radius 2 is 1.64 bits per heavy atom. The zero-order valence-corrected chi connectivity index (χ0v) is 17.5. The number of hydrogen-bond donors (Lipinski definition) is 1. The molecule has 5 nitrogen and oxygen atoms in total. The predicted octanol–water partition coefficient (Wildman–Crippen LogP) is 4.33. The summed E-state index contributed by atoms with van der Waals surface area (Å²) in [5.74, 6) is -0.133. The van der Waals surface area contributed by atoms with Gasteiger partial charge in [0.05, 0.1) is 6.54 Å². The van der Waals surface area contributed by atoms with Crippen molar-refractivity contribution in [2.24, 2.45) is 0 Å². The van der Waals surface area contributed by atoms with Gasteiger partial charge in [-0.1, -0.05) is 23.8 Å². The van der Waals surface area contributed by atoms with Gasteiger partial charge in [-0.25, -0.2) is 0 Å². The number of anilines is 2. The van der Waals surface area contributed by atoms with Crippen LogP contribution in [0.5, 0.6) is 0 Å². The summed E-state index contributed by atoms with van der Waals surface area (Å²) in [5, 5.41) is 2.93. The summed E-state index contributed by atoms with van der Waals surface area (Å²) in [5.41, 5.74) is 3.42. The molecule has 0 saturated carbocycles. The lowest BCUT2D eigenvalue weighted by atomic mass is 10.1. The van der Waals surface area contributed by atoms with Crippen molar-refractivity contribution in [3.63, 3.8) is 0 Å². The van der Waals surface area contributed by atoms with Crippen molar-refractivity contribution < 1.29 is 9.59 Å². The Morgan fingerprint density at radius 1 is 1.00 bits per heavy atom. The van der Waals surface area contributed by atoms with Gasteiger partial charge in [-0.05, 0) is 65.0 Å². The van der Waals surface area contributed by atoms with Crippen LogP contribution >= 0.6 is 0 Å². The fourth-order valence-corrected chi connectivity index (χ4v) is 3.09. The summed E-state index contributed by atoms with van der Waals surface area (Å²) >= 11 is 0. The molecule has 0 aliphatic rings. The average Bonchev–Trinajstić information content (AvgIpc) is 2.68. The molecule has 2 amide bonds. The van der Waals surface area contributed by atoms with Gasteiger partial charge >= 0.3 is 0 Å². The van der Waals surface area contributed by atoms with Gasteiger partial charge in [0, 0.05) is 36.1 Å². The van der Waals surface area contributed by atoms with Crippen molar-refractivity contribution in [3.8, 4) is 0 Å². The number of hydrogen-bond acceptors (Lipinski definition) is 3. The fourth-order valence-electron chi connectivity index (χ4n) is 3.09. The Labute approximate surface area is 168 Å². The molecule has 1 N–H and O–H groups in total. The van der Waals surface area contributed by atoms with E-state index in [1.165, 1.54) is 5.56 Å². The number of amides is 2. The molecule has 2 aromatic rings. The van der Waals surface area contributed by atoms with E-state index in [4.69, 9.17) is 0 Å². The third-order valence-electron chi connectivity index (χ3n) is 4.75. The molecule has 0 saturated heterocycles. The molecule has 5 heteroatoms. The molecule has 0 fully saturated rings. The molecule has 150 valence electrons. The standard InChI is InChI=1S/C23H31N3O2/c1-6-25(7-2)23(28)19-9-8-10-20(15-19)24-22(27)16-26(17(3)4)21-13-11-18(5)12-14-21/h8-15,17H,6-7,16H2,1-5H3,(H,24,27). The average molecular weight is 382 g/mol. The van der Waals surface area contributed by atoms with E-state index in [0.717, 1.165) is 5.69 Å². The fraction of sp³-hybridized carbons (Fsp3) is 0.391. The first-order chi connectivity index (χ1) is 13.3. The second-order valence-corrected chi connectivity index (χ2v) is 7.16. The highest BCUT2D eigenvalue weighted by molar-refractivity contribution is 5.98. The van der Waals surface area contributed by atoms with Crippen LogP contribution in [0.4, 0.5) is 11.4 Å². The van der Waals surface area contributed by atoms with Crippen LogP contribution in [0, 0.1) is 6.92 Å². The minimum absolute atomic E-state index is 0.0236. The number of rotatable bonds is 8. The Bertz CT molecular complexity index is 796. The van der Waals surface area contributed by atoms with E-state index < -0.39 is 0 Å². The molecular formula is C23H31N3O2. The molecule has 0 aliphatic heterocycles. The molecule has 0 spiro atoms. The highest BCUT2D eigenvalue weighted by atomic mass is 16.2. The van der Waals surface area contributed by atoms with Gasteiger partial charge in [0.15, 0.2) is 0 Å². The third-order valence-corrected chi connectivity index (χ3v) is 4.75. The minimum atomic E-state index is -0.110. The van der Waals surface area contributed by atoms with Crippen LogP contribution in [0.2, 0.25) is 0 Å². The molecule has 0 radical (unpaired) electrons. The monoisotopic (exact) mass is 381 g/mol. The zero-order chi connectivity index (χ0) is 20.7. The summed E-state index contributed by atoms with van der Waals surface area (Å²) < 4.78 is 0. The third kappa shape index (κ3) is 5.59. The van der Waals surface area contributed by atoms with E-state index in [9.17, 15) is 9.59 Å². The number of carbonyl (C=O) groups is 2. The molecule has 0 aliphatic carbocycles. The number of carbonyl (C=O) groups excluding carboxylic acids is 2. The van der Waals surface area contributed by atoms with Crippen molar-refractivity contribution in [2.45, 2.75) is 40.7 Å². The van der Waals surface area contributed by atoms with E-state index in [1.54, 1.807) is 23.1 Å². The zero-order valence-electron chi connectivity index (χ0n) is 17.5. The van der Waals surface area contributed by atoms with E-state index in [-0.39, 0.29) is 24.4 Å². The van der Waals surface area contributed by atoms with Crippen LogP contribution in [0.1, 0.15) is 43.6 Å². The molecule has 2 aromatic carbocycles. The van der Waals surface area contributed by atoms with Crippen LogP contribution in [-0.4, -0.2) is 42.4 Å². The topological polar surface area (TPSA) is 52.7 Å². The van der Waals surface area contributed by atoms with Gasteiger partial charge in [-0.15, -0.1) is 0 Å². The van der Waals surface area contributed by atoms with Crippen LogP contribution in [0.15, 0.2) is 48.5 Å². The molecular weight excluding hydrogens is 350 g/mol. The predicted molar refractivity (Wildman–Crippen MR) is 116 cm³/mol. The minimum Gasteiger partial charge on any atom is -0.360 e. The first-order valence-electron chi connectivity index (χ1n) is 9.88. The molecule has 0 atom stereocenters. The van der Waals surface area contributed by atoms with Gasteiger partial charge in [0.25, 0.3) is 5.91 Å². The summed E-state index contributed by atoms with van der Waals surface area (Å²) in [6.07, 6.45) is 0. The Morgan fingerprint density at radius 3 is 2.21 bits per heavy atom. The summed E-state index contributed by atoms with van der Waals surface area (Å²) in [6.45, 7) is 11.7. The normalized spacial score (nSPS) is 10.6. The van der Waals surface area contributed by atoms with Gasteiger partial charge in [0.1, 0.15) is 0 Å². The first kappa shape index (κ1) is 21.5. The van der Waals surface area contributed by atoms with E-state index in [1.807, 2.05) is 51.1 Å². The van der Waals surface area contributed by atoms with Gasteiger partial charge in [0.2, 0.25) is 5.91 Å². The van der Waals surface area contributed by atoms with Gasteiger partial charge in [-0.3, -0.25) is 9.59 Å². The lowest BCUT2D eigenvalue weighted by Gasteiger charge is -2.28. The SMILES string of the molecule is CCN(CC)C(=O)c1cccc(NC(=O)CN(c2ccc(C)cc2)C(C)C)c1. The second-order valence-electron chi connectivity index (χ2n) is 7.16. The van der Waals surface area contributed by atoms with Crippen molar-refractivity contribution in [1.82, 2.24) is 4.90 Å². The molecule has 0 heterocycles. The van der Waals surface area contributed by atoms with Gasteiger partial charge < -0.3 is 15.1 Å². The number of nitrogens with one attached hydrogen (secondary N) is 1. The smallest absolute Gasteiger partial charge is 0.253 e. The number of nitrogens with zero attached hydrogens (tertiary/aromatic N) is 2. The van der Waals surface area contributed by atoms with Crippen molar-refractivity contribution in [2.75, 3.05) is 29.9 Å². The Kier molecular flexibility index (Phi) is 7.61. The lowest BCUT2D eigenvalue weighted by Crippen LogP contribution is -2.38. The largest absolute Gasteiger partial charge is 0.360 e. The second kappa shape index (κ2) is 9.93. The van der Waals surface area contributed by atoms with Crippen LogP contribution in [0.25, 0.3) is 0 Å². The maximum atomic E-state index is 12.6. The molecule has 2 rings (SSSR count). The Hall–Kier alpha value is -2.82. The molecule has 0 bridgehead atoms. The van der Waals surface area contributed by atoms with Gasteiger partial charge in [-0.2, -0.15) is 0 Å². The number of aryl methyl sites for hydroxylation is 1. The highest BCUT2D eigenvalue weighted by Gasteiger charge is 2.16. The van der Waals surface area contributed by atoms with Crippen molar-refractivity contribution in [3.05, 3.63) is 59.7 Å². The van der Waals surface area contributed by atoms with Crippen LogP contribution in [-0.2, 0) is 4.79 Å². The lowest BCUT2D eigenvalue weighted by molar-refractivity contribution is -0.115. The van der Waals surface area contributed by atoms with Crippen LogP contribution < -0.4 is 10.2 Å². The summed E-state index contributed by atoms with van der Waals surface area (Å²) in [6, 6.07) is 15.5. The van der Waals surface area contributed by atoms with E-state index in [2.05, 4.69) is 24.1 Å². The Balaban J connectivity index is 2.10.